The van der Waals surface area contributed by atoms with Crippen LogP contribution in [-0.2, 0) is 4.79 Å². The molecule has 0 aliphatic carbocycles. The van der Waals surface area contributed by atoms with Crippen LogP contribution in [0.3, 0.4) is 0 Å². The highest BCUT2D eigenvalue weighted by Crippen LogP contribution is 2.20. The van der Waals surface area contributed by atoms with Crippen LogP contribution >= 0.6 is 0 Å². The van der Waals surface area contributed by atoms with Crippen molar-refractivity contribution in [2.45, 2.75) is 13.8 Å². The van der Waals surface area contributed by atoms with Gasteiger partial charge in [-0.25, -0.2) is 4.79 Å². The molecule has 0 aliphatic rings. The van der Waals surface area contributed by atoms with Gasteiger partial charge in [0, 0.05) is 6.20 Å². The third-order valence-electron chi connectivity index (χ3n) is 1.82. The van der Waals surface area contributed by atoms with Crippen LogP contribution in [0.15, 0.2) is 24.4 Å². The lowest BCUT2D eigenvalue weighted by atomic mass is 10.1. The summed E-state index contributed by atoms with van der Waals surface area (Å²) in [6.07, 6.45) is 3.17. The summed E-state index contributed by atoms with van der Waals surface area (Å²) in [4.78, 5) is 15.0. The average molecular weight is 206 g/mol. The maximum absolute atomic E-state index is 11.0. The van der Waals surface area contributed by atoms with E-state index in [2.05, 4.69) is 4.98 Å². The fourth-order valence-corrected chi connectivity index (χ4v) is 1.23. The van der Waals surface area contributed by atoms with Crippen LogP contribution < -0.4 is 5.73 Å². The first-order chi connectivity index (χ1) is 7.02. The fourth-order valence-electron chi connectivity index (χ4n) is 1.23. The van der Waals surface area contributed by atoms with E-state index in [4.69, 9.17) is 10.8 Å². The van der Waals surface area contributed by atoms with Crippen molar-refractivity contribution in [3.8, 4) is 0 Å². The lowest BCUT2D eigenvalue weighted by Crippen LogP contribution is -2.06. The first-order valence-corrected chi connectivity index (χ1v) is 4.68. The van der Waals surface area contributed by atoms with Gasteiger partial charge in [0.2, 0.25) is 0 Å². The first-order valence-electron chi connectivity index (χ1n) is 4.68. The highest BCUT2D eigenvalue weighted by atomic mass is 16.4. The molecule has 1 aromatic rings. The van der Waals surface area contributed by atoms with E-state index in [1.54, 1.807) is 18.2 Å². The van der Waals surface area contributed by atoms with Gasteiger partial charge in [0.1, 0.15) is 5.69 Å². The summed E-state index contributed by atoms with van der Waals surface area (Å²) in [7, 11) is 0. The minimum atomic E-state index is -1.01. The summed E-state index contributed by atoms with van der Waals surface area (Å²) in [5.74, 6) is -0.869. The predicted octanol–water partition coefficient (Wildman–Crippen LogP) is 1.79. The van der Waals surface area contributed by atoms with Crippen molar-refractivity contribution in [1.82, 2.24) is 4.98 Å². The number of hydrogen-bond donors (Lipinski definition) is 2. The number of nitrogens with zero attached hydrogens (tertiary/aromatic N) is 1. The van der Waals surface area contributed by atoms with Crippen LogP contribution in [0.25, 0.3) is 5.57 Å². The standard InChI is InChI=1S/C11H14N2O2/c1-7(2)6-8(11(14)15)10-9(12)4-3-5-13-10/h3-7H,12H2,1-2H3,(H,14,15)/b8-6+. The lowest BCUT2D eigenvalue weighted by Gasteiger charge is -2.06. The van der Waals surface area contributed by atoms with E-state index in [-0.39, 0.29) is 11.5 Å². The second-order valence-corrected chi connectivity index (χ2v) is 3.57. The number of carbonyl (C=O) groups is 1. The molecule has 0 radical (unpaired) electrons. The molecule has 15 heavy (non-hydrogen) atoms. The number of aliphatic carboxylic acids is 1. The summed E-state index contributed by atoms with van der Waals surface area (Å²) >= 11 is 0. The molecule has 0 aliphatic heterocycles. The number of nitrogen functional groups attached to an aromatic ring is 1. The van der Waals surface area contributed by atoms with Gasteiger partial charge in [0.05, 0.1) is 11.3 Å². The fraction of sp³-hybridized carbons (Fsp3) is 0.273. The van der Waals surface area contributed by atoms with Crippen LogP contribution in [0.4, 0.5) is 5.69 Å². The molecule has 3 N–H and O–H groups in total. The first kappa shape index (κ1) is 11.2. The molecule has 1 heterocycles. The number of carboxylic acid groups (broad SMARTS) is 1. The number of allylic oxidation sites excluding steroid dienone is 1. The normalized spacial score (nSPS) is 11.8. The molecular weight excluding hydrogens is 192 g/mol. The number of anilines is 1. The second kappa shape index (κ2) is 4.59. The van der Waals surface area contributed by atoms with E-state index in [9.17, 15) is 4.79 Å². The van der Waals surface area contributed by atoms with Crippen molar-refractivity contribution >= 4 is 17.2 Å². The lowest BCUT2D eigenvalue weighted by molar-refractivity contribution is -0.130. The van der Waals surface area contributed by atoms with Gasteiger partial charge in [-0.1, -0.05) is 19.9 Å². The van der Waals surface area contributed by atoms with E-state index in [0.717, 1.165) is 0 Å². The van der Waals surface area contributed by atoms with Crippen molar-refractivity contribution in [1.29, 1.82) is 0 Å². The third-order valence-corrected chi connectivity index (χ3v) is 1.82. The molecule has 4 heteroatoms. The highest BCUT2D eigenvalue weighted by Gasteiger charge is 2.14. The van der Waals surface area contributed by atoms with Gasteiger partial charge in [-0.15, -0.1) is 0 Å². The SMILES string of the molecule is CC(C)/C=C(/C(=O)O)c1ncccc1N. The van der Waals surface area contributed by atoms with E-state index in [1.165, 1.54) is 6.20 Å². The maximum Gasteiger partial charge on any atom is 0.337 e. The van der Waals surface area contributed by atoms with E-state index in [1.807, 2.05) is 13.8 Å². The molecule has 0 amide bonds. The van der Waals surface area contributed by atoms with Gasteiger partial charge in [-0.2, -0.15) is 0 Å². The monoisotopic (exact) mass is 206 g/mol. The van der Waals surface area contributed by atoms with Crippen LogP contribution in [-0.4, -0.2) is 16.1 Å². The van der Waals surface area contributed by atoms with Crippen LogP contribution in [0, 0.1) is 5.92 Å². The number of carboxylic acids is 1. The Balaban J connectivity index is 3.23. The van der Waals surface area contributed by atoms with E-state index >= 15 is 0 Å². The van der Waals surface area contributed by atoms with Crippen LogP contribution in [0.1, 0.15) is 19.5 Å². The Hall–Kier alpha value is -1.84. The van der Waals surface area contributed by atoms with Crippen molar-refractivity contribution in [3.05, 3.63) is 30.1 Å². The number of hydrogen-bond acceptors (Lipinski definition) is 3. The molecule has 4 nitrogen and oxygen atoms in total. The Morgan fingerprint density at radius 1 is 1.60 bits per heavy atom. The van der Waals surface area contributed by atoms with Gasteiger partial charge in [-0.3, -0.25) is 4.98 Å². The van der Waals surface area contributed by atoms with E-state index < -0.39 is 5.97 Å². The van der Waals surface area contributed by atoms with Gasteiger partial charge in [0.15, 0.2) is 0 Å². The van der Waals surface area contributed by atoms with Crippen LogP contribution in [0.2, 0.25) is 0 Å². The number of nitrogens with two attached hydrogens (primary N) is 1. The molecule has 0 atom stereocenters. The second-order valence-electron chi connectivity index (χ2n) is 3.57. The van der Waals surface area contributed by atoms with Gasteiger partial charge >= 0.3 is 5.97 Å². The van der Waals surface area contributed by atoms with Gasteiger partial charge in [-0.05, 0) is 18.1 Å². The Kier molecular flexibility index (Phi) is 3.44. The zero-order chi connectivity index (χ0) is 11.4. The smallest absolute Gasteiger partial charge is 0.337 e. The maximum atomic E-state index is 11.0. The number of rotatable bonds is 3. The molecule has 0 unspecified atom stereocenters. The minimum Gasteiger partial charge on any atom is -0.478 e. The number of aromatic nitrogens is 1. The topological polar surface area (TPSA) is 76.2 Å². The Morgan fingerprint density at radius 3 is 2.73 bits per heavy atom. The minimum absolute atomic E-state index is 0.137. The summed E-state index contributed by atoms with van der Waals surface area (Å²) in [5.41, 5.74) is 6.54. The Morgan fingerprint density at radius 2 is 2.27 bits per heavy atom. The van der Waals surface area contributed by atoms with Gasteiger partial charge < -0.3 is 10.8 Å². The molecule has 80 valence electrons. The average Bonchev–Trinajstić information content (AvgIpc) is 2.15. The predicted molar refractivity (Wildman–Crippen MR) is 59.1 cm³/mol. The molecule has 0 spiro atoms. The van der Waals surface area contributed by atoms with Crippen molar-refractivity contribution < 1.29 is 9.90 Å². The Bertz CT molecular complexity index is 397. The quantitative estimate of drug-likeness (QED) is 0.739. The third kappa shape index (κ3) is 2.80. The van der Waals surface area contributed by atoms with Crippen molar-refractivity contribution in [3.63, 3.8) is 0 Å². The summed E-state index contributed by atoms with van der Waals surface area (Å²) in [6, 6.07) is 3.31. The number of pyridine rings is 1. The van der Waals surface area contributed by atoms with Crippen LogP contribution in [0.5, 0.6) is 0 Å². The largest absolute Gasteiger partial charge is 0.478 e. The van der Waals surface area contributed by atoms with Gasteiger partial charge in [0.25, 0.3) is 0 Å². The molecule has 0 saturated carbocycles. The molecule has 0 aromatic carbocycles. The highest BCUT2D eigenvalue weighted by molar-refractivity contribution is 6.16. The zero-order valence-electron chi connectivity index (χ0n) is 8.77. The Labute approximate surface area is 88.4 Å². The molecular formula is C11H14N2O2. The molecule has 0 bridgehead atoms. The van der Waals surface area contributed by atoms with Crippen molar-refractivity contribution in [2.75, 3.05) is 5.73 Å². The van der Waals surface area contributed by atoms with Crippen molar-refractivity contribution in [2.24, 2.45) is 5.92 Å². The summed E-state index contributed by atoms with van der Waals surface area (Å²) in [6.45, 7) is 3.81. The summed E-state index contributed by atoms with van der Waals surface area (Å²) in [5, 5.41) is 9.04. The molecule has 0 fully saturated rings. The zero-order valence-corrected chi connectivity index (χ0v) is 8.77. The molecule has 1 aromatic heterocycles. The molecule has 0 saturated heterocycles. The van der Waals surface area contributed by atoms with E-state index in [0.29, 0.717) is 11.4 Å². The summed E-state index contributed by atoms with van der Waals surface area (Å²) < 4.78 is 0. The molecule has 1 rings (SSSR count).